The molecule has 1 heterocycles. The summed E-state index contributed by atoms with van der Waals surface area (Å²) in [5.74, 6) is -5.60. The van der Waals surface area contributed by atoms with Crippen molar-refractivity contribution in [3.8, 4) is 11.5 Å². The number of hydrogen-bond acceptors (Lipinski definition) is 4. The molecule has 0 fully saturated rings. The Morgan fingerprint density at radius 1 is 1.11 bits per heavy atom. The molecule has 0 radical (unpaired) electrons. The van der Waals surface area contributed by atoms with Crippen LogP contribution >= 0.6 is 0 Å². The van der Waals surface area contributed by atoms with Gasteiger partial charge in [0.2, 0.25) is 11.6 Å². The fourth-order valence-corrected chi connectivity index (χ4v) is 1.74. The first-order valence-electron chi connectivity index (χ1n) is 5.15. The number of halogens is 3. The van der Waals surface area contributed by atoms with E-state index < -0.39 is 34.3 Å². The van der Waals surface area contributed by atoms with Crippen molar-refractivity contribution < 1.29 is 17.6 Å². The first-order chi connectivity index (χ1) is 8.99. The molecule has 4 nitrogen and oxygen atoms in total. The Hall–Kier alpha value is -2.57. The number of hydrogen-bond donors (Lipinski definition) is 1. The molecule has 1 aromatic carbocycles. The average molecular weight is 266 g/mol. The molecule has 0 spiro atoms. The van der Waals surface area contributed by atoms with Gasteiger partial charge in [-0.1, -0.05) is 0 Å². The number of rotatable bonds is 0. The molecule has 0 saturated carbocycles. The van der Waals surface area contributed by atoms with Crippen molar-refractivity contribution in [1.82, 2.24) is 4.98 Å². The van der Waals surface area contributed by atoms with E-state index >= 15 is 0 Å². The van der Waals surface area contributed by atoms with E-state index in [1.54, 1.807) is 0 Å². The predicted molar refractivity (Wildman–Crippen MR) is 61.2 cm³/mol. The van der Waals surface area contributed by atoms with Gasteiger partial charge in [0, 0.05) is 5.69 Å². The zero-order valence-electron chi connectivity index (χ0n) is 9.21. The third-order valence-electron chi connectivity index (χ3n) is 2.64. The van der Waals surface area contributed by atoms with E-state index in [4.69, 9.17) is 10.2 Å². The van der Waals surface area contributed by atoms with Crippen molar-refractivity contribution in [3.63, 3.8) is 0 Å². The lowest BCUT2D eigenvalue weighted by Crippen LogP contribution is -2.17. The maximum absolute atomic E-state index is 13.6. The summed E-state index contributed by atoms with van der Waals surface area (Å²) in [7, 11) is 0. The molecule has 0 unspecified atom stereocenters. The van der Waals surface area contributed by atoms with Gasteiger partial charge in [-0.15, -0.1) is 0 Å². The van der Waals surface area contributed by atoms with E-state index in [0.29, 0.717) is 5.69 Å². The van der Waals surface area contributed by atoms with Crippen LogP contribution in [0.2, 0.25) is 0 Å². The highest BCUT2D eigenvalue weighted by molar-refractivity contribution is 5.79. The third-order valence-corrected chi connectivity index (χ3v) is 2.64. The molecule has 0 saturated heterocycles. The molecule has 0 bridgehead atoms. The fourth-order valence-electron chi connectivity index (χ4n) is 1.74. The van der Waals surface area contributed by atoms with Crippen LogP contribution in [0, 0.1) is 17.5 Å². The normalized spacial score (nSPS) is 11.3. The molecule has 2 aliphatic rings. The molecular weight excluding hydrogens is 261 g/mol. The minimum atomic E-state index is -1.82. The van der Waals surface area contributed by atoms with Crippen molar-refractivity contribution in [2.75, 3.05) is 5.73 Å². The molecular formula is C12H5F3N2O2. The monoisotopic (exact) mass is 266 g/mol. The molecule has 3 rings (SSSR count). The van der Waals surface area contributed by atoms with Gasteiger partial charge in [-0.2, -0.15) is 8.78 Å². The summed E-state index contributed by atoms with van der Waals surface area (Å²) < 4.78 is 45.4. The number of aromatic nitrogens is 1. The SMILES string of the molecule is Nc1ccc2oc3c(F)c(=O)c(F)c(F)c-3nc2c1. The average Bonchev–Trinajstić information content (AvgIpc) is 2.41. The Bertz CT molecular complexity index is 845. The lowest BCUT2D eigenvalue weighted by Gasteiger charge is -2.08. The lowest BCUT2D eigenvalue weighted by atomic mass is 10.2. The van der Waals surface area contributed by atoms with Crippen LogP contribution in [-0.2, 0) is 0 Å². The van der Waals surface area contributed by atoms with Crippen LogP contribution in [0.4, 0.5) is 18.9 Å². The van der Waals surface area contributed by atoms with Gasteiger partial charge in [-0.05, 0) is 18.2 Å². The molecule has 1 aliphatic carbocycles. The van der Waals surface area contributed by atoms with Crippen molar-refractivity contribution in [2.45, 2.75) is 0 Å². The summed E-state index contributed by atoms with van der Waals surface area (Å²) in [6, 6.07) is 4.22. The predicted octanol–water partition coefficient (Wildman–Crippen LogP) is 2.29. The smallest absolute Gasteiger partial charge is 0.256 e. The number of nitrogen functional groups attached to an aromatic ring is 1. The molecule has 0 amide bonds. The van der Waals surface area contributed by atoms with Gasteiger partial charge in [0.25, 0.3) is 5.43 Å². The topological polar surface area (TPSA) is 69.1 Å². The van der Waals surface area contributed by atoms with E-state index in [2.05, 4.69) is 4.98 Å². The zero-order valence-corrected chi connectivity index (χ0v) is 9.21. The van der Waals surface area contributed by atoms with Crippen LogP contribution in [-0.4, -0.2) is 4.98 Å². The second-order valence-corrected chi connectivity index (χ2v) is 3.89. The second-order valence-electron chi connectivity index (χ2n) is 3.89. The van der Waals surface area contributed by atoms with Gasteiger partial charge in [0.15, 0.2) is 17.2 Å². The summed E-state index contributed by atoms with van der Waals surface area (Å²) in [5.41, 5.74) is 3.70. The zero-order chi connectivity index (χ0) is 13.7. The van der Waals surface area contributed by atoms with Crippen LogP contribution in [0.15, 0.2) is 27.4 Å². The molecule has 1 aliphatic heterocycles. The second kappa shape index (κ2) is 3.71. The molecule has 0 aromatic heterocycles. The van der Waals surface area contributed by atoms with Crippen molar-refractivity contribution >= 4 is 16.8 Å². The van der Waals surface area contributed by atoms with Gasteiger partial charge in [0.05, 0.1) is 0 Å². The Morgan fingerprint density at radius 2 is 1.84 bits per heavy atom. The summed E-state index contributed by atoms with van der Waals surface area (Å²) in [6.45, 7) is 0. The van der Waals surface area contributed by atoms with Crippen molar-refractivity contribution in [3.05, 3.63) is 45.9 Å². The highest BCUT2D eigenvalue weighted by atomic mass is 19.2. The molecule has 2 N–H and O–H groups in total. The highest BCUT2D eigenvalue weighted by Gasteiger charge is 2.27. The number of fused-ring (bicyclic) bond motifs is 2. The van der Waals surface area contributed by atoms with E-state index in [1.165, 1.54) is 18.2 Å². The third kappa shape index (κ3) is 1.55. The van der Waals surface area contributed by atoms with Crippen LogP contribution in [0.5, 0.6) is 0 Å². The lowest BCUT2D eigenvalue weighted by molar-refractivity contribution is 0.461. The Balaban J connectivity index is 2.55. The first-order valence-corrected chi connectivity index (χ1v) is 5.15. The summed E-state index contributed by atoms with van der Waals surface area (Å²) in [6.07, 6.45) is 0. The number of nitrogens with two attached hydrogens (primary N) is 1. The summed E-state index contributed by atoms with van der Waals surface area (Å²) in [4.78, 5) is 14.8. The summed E-state index contributed by atoms with van der Waals surface area (Å²) in [5, 5.41) is 0. The van der Waals surface area contributed by atoms with E-state index in [0.717, 1.165) is 0 Å². The van der Waals surface area contributed by atoms with Gasteiger partial charge < -0.3 is 10.2 Å². The van der Waals surface area contributed by atoms with Gasteiger partial charge >= 0.3 is 0 Å². The van der Waals surface area contributed by atoms with Crippen LogP contribution in [0.1, 0.15) is 0 Å². The molecule has 0 atom stereocenters. The Labute approximate surface area is 103 Å². The number of benzene rings is 2. The van der Waals surface area contributed by atoms with Crippen molar-refractivity contribution in [1.29, 1.82) is 0 Å². The molecule has 1 aromatic rings. The number of nitrogens with zero attached hydrogens (tertiary/aromatic N) is 1. The molecule has 96 valence electrons. The summed E-state index contributed by atoms with van der Waals surface area (Å²) >= 11 is 0. The van der Waals surface area contributed by atoms with E-state index in [-0.39, 0.29) is 11.1 Å². The molecule has 7 heteroatoms. The van der Waals surface area contributed by atoms with Crippen LogP contribution in [0.3, 0.4) is 0 Å². The largest absolute Gasteiger partial charge is 0.449 e. The van der Waals surface area contributed by atoms with E-state index in [1.807, 2.05) is 0 Å². The van der Waals surface area contributed by atoms with Gasteiger partial charge in [0.1, 0.15) is 11.2 Å². The Kier molecular flexibility index (Phi) is 2.25. The van der Waals surface area contributed by atoms with Gasteiger partial charge in [-0.25, -0.2) is 9.37 Å². The standard InChI is InChI=1S/C12H5F3N2O2/c13-7-8(14)11(18)9(15)12-10(7)17-5-3-4(16)1-2-6(5)19-12/h1-3H,16H2. The van der Waals surface area contributed by atoms with Gasteiger partial charge in [-0.3, -0.25) is 4.79 Å². The minimum absolute atomic E-state index is 0.103. The highest BCUT2D eigenvalue weighted by Crippen LogP contribution is 2.29. The molecule has 19 heavy (non-hydrogen) atoms. The van der Waals surface area contributed by atoms with Crippen LogP contribution in [0.25, 0.3) is 22.6 Å². The van der Waals surface area contributed by atoms with Crippen LogP contribution < -0.4 is 11.2 Å². The Morgan fingerprint density at radius 3 is 2.58 bits per heavy atom. The quantitative estimate of drug-likeness (QED) is 0.385. The maximum Gasteiger partial charge on any atom is 0.256 e. The maximum atomic E-state index is 13.6. The first kappa shape index (κ1) is 11.5. The van der Waals surface area contributed by atoms with E-state index in [9.17, 15) is 18.0 Å². The fraction of sp³-hybridized carbons (Fsp3) is 0. The minimum Gasteiger partial charge on any atom is -0.449 e. The van der Waals surface area contributed by atoms with Crippen molar-refractivity contribution in [2.24, 2.45) is 0 Å². The number of anilines is 1.